The van der Waals surface area contributed by atoms with Gasteiger partial charge in [0.15, 0.2) is 5.78 Å². The van der Waals surface area contributed by atoms with Crippen molar-refractivity contribution >= 4 is 17.5 Å². The second-order valence-corrected chi connectivity index (χ2v) is 8.86. The lowest BCUT2D eigenvalue weighted by atomic mass is 9.69. The van der Waals surface area contributed by atoms with Crippen molar-refractivity contribution in [3.8, 4) is 5.75 Å². The highest BCUT2D eigenvalue weighted by Crippen LogP contribution is 2.52. The minimum atomic E-state index is -4.74. The first-order valence-corrected chi connectivity index (χ1v) is 9.91. The van der Waals surface area contributed by atoms with Gasteiger partial charge in [0, 0.05) is 39.0 Å². The normalized spacial score (nSPS) is 24.5. The van der Waals surface area contributed by atoms with Crippen molar-refractivity contribution in [2.75, 3.05) is 5.75 Å². The third-order valence-electron chi connectivity index (χ3n) is 5.37. The molecule has 1 aromatic rings. The van der Waals surface area contributed by atoms with Crippen LogP contribution in [0.5, 0.6) is 5.75 Å². The smallest absolute Gasteiger partial charge is 0.406 e. The fourth-order valence-corrected chi connectivity index (χ4v) is 5.27. The van der Waals surface area contributed by atoms with E-state index in [0.717, 1.165) is 41.3 Å². The van der Waals surface area contributed by atoms with Gasteiger partial charge in [-0.3, -0.25) is 4.79 Å². The Morgan fingerprint density at radius 2 is 2.00 bits per heavy atom. The van der Waals surface area contributed by atoms with E-state index in [1.165, 1.54) is 12.1 Å². The third kappa shape index (κ3) is 3.37. The van der Waals surface area contributed by atoms with Crippen LogP contribution in [0.3, 0.4) is 0 Å². The maximum absolute atomic E-state index is 13.2. The van der Waals surface area contributed by atoms with E-state index in [4.69, 9.17) is 0 Å². The number of allylic oxidation sites excluding steroid dienone is 4. The van der Waals surface area contributed by atoms with Crippen LogP contribution in [-0.4, -0.2) is 17.9 Å². The van der Waals surface area contributed by atoms with Crippen LogP contribution >= 0.6 is 11.8 Å². The molecule has 1 aromatic carbocycles. The molecule has 7 heteroatoms. The molecule has 0 fully saturated rings. The summed E-state index contributed by atoms with van der Waals surface area (Å²) >= 11 is 1.67. The standard InChI is InChI=1S/C20H20F3NO2S/c1-19(2)8-6-13-16(18(19)25)15(17-14(24-13)7-9-27-17)11-4-3-5-12(10-11)26-20(21,22)23/h3-5,10,15,24H,6-9H2,1-2H3. The van der Waals surface area contributed by atoms with Gasteiger partial charge in [-0.25, -0.2) is 0 Å². The minimum absolute atomic E-state index is 0.0717. The number of thioether (sulfide) groups is 1. The van der Waals surface area contributed by atoms with Crippen molar-refractivity contribution < 1.29 is 22.7 Å². The quantitative estimate of drug-likeness (QED) is 0.741. The minimum Gasteiger partial charge on any atom is -0.406 e. The van der Waals surface area contributed by atoms with Crippen molar-refractivity contribution in [1.29, 1.82) is 0 Å². The Bertz CT molecular complexity index is 870. The number of benzene rings is 1. The van der Waals surface area contributed by atoms with Gasteiger partial charge in [0.2, 0.25) is 0 Å². The monoisotopic (exact) mass is 395 g/mol. The molecule has 0 saturated heterocycles. The lowest BCUT2D eigenvalue weighted by Crippen LogP contribution is -2.38. The summed E-state index contributed by atoms with van der Waals surface area (Å²) in [7, 11) is 0. The average Bonchev–Trinajstić information content (AvgIpc) is 3.03. The maximum atomic E-state index is 13.2. The number of hydrogen-bond donors (Lipinski definition) is 1. The summed E-state index contributed by atoms with van der Waals surface area (Å²) in [5, 5.41) is 3.44. The molecule has 0 bridgehead atoms. The van der Waals surface area contributed by atoms with Crippen LogP contribution in [0.25, 0.3) is 0 Å². The van der Waals surface area contributed by atoms with Gasteiger partial charge >= 0.3 is 6.36 Å². The zero-order chi connectivity index (χ0) is 19.4. The van der Waals surface area contributed by atoms with Gasteiger partial charge in [-0.2, -0.15) is 0 Å². The van der Waals surface area contributed by atoms with Gasteiger partial charge < -0.3 is 10.1 Å². The number of Topliss-reactive ketones (excluding diaryl/α,β-unsaturated/α-hetero) is 1. The summed E-state index contributed by atoms with van der Waals surface area (Å²) in [6, 6.07) is 6.03. The molecule has 0 saturated carbocycles. The van der Waals surface area contributed by atoms with Gasteiger partial charge in [-0.1, -0.05) is 26.0 Å². The number of ether oxygens (including phenoxy) is 1. The Morgan fingerprint density at radius 1 is 1.22 bits per heavy atom. The van der Waals surface area contributed by atoms with Crippen molar-refractivity contribution in [1.82, 2.24) is 5.32 Å². The van der Waals surface area contributed by atoms with Crippen molar-refractivity contribution in [3.05, 3.63) is 51.7 Å². The molecule has 2 aliphatic heterocycles. The zero-order valence-electron chi connectivity index (χ0n) is 15.1. The average molecular weight is 395 g/mol. The van der Waals surface area contributed by atoms with Crippen LogP contribution in [-0.2, 0) is 4.79 Å². The molecular weight excluding hydrogens is 375 g/mol. The summed E-state index contributed by atoms with van der Waals surface area (Å²) in [6.45, 7) is 3.87. The Labute approximate surface area is 160 Å². The number of ketones is 1. The highest BCUT2D eigenvalue weighted by Gasteiger charge is 2.44. The van der Waals surface area contributed by atoms with Gasteiger partial charge in [0.05, 0.1) is 0 Å². The largest absolute Gasteiger partial charge is 0.573 e. The first kappa shape index (κ1) is 18.5. The third-order valence-corrected chi connectivity index (χ3v) is 6.57. The lowest BCUT2D eigenvalue weighted by Gasteiger charge is -2.39. The van der Waals surface area contributed by atoms with Crippen molar-refractivity contribution in [3.63, 3.8) is 0 Å². The van der Waals surface area contributed by atoms with Crippen LogP contribution in [0.2, 0.25) is 0 Å². The number of carbonyl (C=O) groups is 1. The van der Waals surface area contributed by atoms with Crippen molar-refractivity contribution in [2.45, 2.75) is 45.4 Å². The lowest BCUT2D eigenvalue weighted by molar-refractivity contribution is -0.274. The van der Waals surface area contributed by atoms with Crippen LogP contribution in [0, 0.1) is 5.41 Å². The Morgan fingerprint density at radius 3 is 2.74 bits per heavy atom. The number of carbonyl (C=O) groups excluding carboxylic acids is 1. The van der Waals surface area contributed by atoms with Crippen LogP contribution in [0.15, 0.2) is 46.1 Å². The molecule has 3 nitrogen and oxygen atoms in total. The fourth-order valence-electron chi connectivity index (χ4n) is 4.00. The molecule has 144 valence electrons. The summed E-state index contributed by atoms with van der Waals surface area (Å²) in [5.74, 6) is 0.397. The summed E-state index contributed by atoms with van der Waals surface area (Å²) in [4.78, 5) is 14.3. The van der Waals surface area contributed by atoms with E-state index < -0.39 is 11.8 Å². The number of hydrogen-bond acceptors (Lipinski definition) is 4. The van der Waals surface area contributed by atoms with E-state index in [9.17, 15) is 18.0 Å². The molecular formula is C20H20F3NO2S. The van der Waals surface area contributed by atoms with Gasteiger partial charge in [0.1, 0.15) is 5.75 Å². The van der Waals surface area contributed by atoms with Gasteiger partial charge in [-0.15, -0.1) is 24.9 Å². The van der Waals surface area contributed by atoms with Crippen LogP contribution in [0.4, 0.5) is 13.2 Å². The highest BCUT2D eigenvalue weighted by atomic mass is 32.2. The van der Waals surface area contributed by atoms with E-state index in [2.05, 4.69) is 10.1 Å². The predicted octanol–water partition coefficient (Wildman–Crippen LogP) is 5.26. The number of alkyl halides is 3. The van der Waals surface area contributed by atoms with Crippen molar-refractivity contribution in [2.24, 2.45) is 5.41 Å². The molecule has 1 N–H and O–H groups in total. The van der Waals surface area contributed by atoms with Gasteiger partial charge in [-0.05, 0) is 37.0 Å². The number of halogens is 3. The first-order valence-electron chi connectivity index (χ1n) is 8.92. The molecule has 27 heavy (non-hydrogen) atoms. The van der Waals surface area contributed by atoms with E-state index in [0.29, 0.717) is 11.1 Å². The zero-order valence-corrected chi connectivity index (χ0v) is 15.9. The topological polar surface area (TPSA) is 38.3 Å². The van der Waals surface area contributed by atoms with Crippen LogP contribution < -0.4 is 10.1 Å². The SMILES string of the molecule is CC1(C)CCC2=C(C1=O)C(c1cccc(OC(F)(F)F)c1)C1=C(CCS1)N2. The predicted molar refractivity (Wildman–Crippen MR) is 98.2 cm³/mol. The Kier molecular flexibility index (Phi) is 4.33. The molecule has 0 amide bonds. The molecule has 1 aliphatic carbocycles. The first-order chi connectivity index (χ1) is 12.7. The summed E-state index contributed by atoms with van der Waals surface area (Å²) in [6.07, 6.45) is -2.34. The van der Waals surface area contributed by atoms with Crippen LogP contribution in [0.1, 0.15) is 44.6 Å². The molecule has 4 rings (SSSR count). The summed E-state index contributed by atoms with van der Waals surface area (Å²) < 4.78 is 42.1. The van der Waals surface area contributed by atoms with E-state index in [1.807, 2.05) is 13.8 Å². The summed E-state index contributed by atoms with van der Waals surface area (Å²) in [5.41, 5.74) is 2.91. The molecule has 0 spiro atoms. The molecule has 2 heterocycles. The highest BCUT2D eigenvalue weighted by molar-refractivity contribution is 8.03. The molecule has 0 radical (unpaired) electrons. The number of rotatable bonds is 2. The van der Waals surface area contributed by atoms with E-state index in [1.54, 1.807) is 23.9 Å². The molecule has 0 aromatic heterocycles. The van der Waals surface area contributed by atoms with Gasteiger partial charge in [0.25, 0.3) is 0 Å². The fraction of sp³-hybridized carbons (Fsp3) is 0.450. The Hall–Kier alpha value is -1.89. The maximum Gasteiger partial charge on any atom is 0.573 e. The van der Waals surface area contributed by atoms with E-state index in [-0.39, 0.29) is 17.5 Å². The molecule has 1 atom stereocenters. The second-order valence-electron chi connectivity index (χ2n) is 7.72. The molecule has 3 aliphatic rings. The number of nitrogens with one attached hydrogen (secondary N) is 1. The Balaban J connectivity index is 1.81. The second kappa shape index (κ2) is 6.33. The number of dihydropyridines is 1. The molecule has 1 unspecified atom stereocenters. The van der Waals surface area contributed by atoms with E-state index >= 15 is 0 Å².